The number of rotatable bonds is 7. The van der Waals surface area contributed by atoms with Crippen LogP contribution in [0.5, 0.6) is 0 Å². The summed E-state index contributed by atoms with van der Waals surface area (Å²) >= 11 is 0. The Morgan fingerprint density at radius 1 is 1.27 bits per heavy atom. The second-order valence-corrected chi connectivity index (χ2v) is 1.88. The zero-order valence-corrected chi connectivity index (χ0v) is 6.58. The van der Waals surface area contributed by atoms with Crippen LogP contribution in [0.3, 0.4) is 0 Å². The van der Waals surface area contributed by atoms with Gasteiger partial charge in [0.15, 0.2) is 0 Å². The molecule has 3 heteroatoms. The SMILES string of the molecule is C=CCOCCOCCC#N. The number of nitriles is 1. The summed E-state index contributed by atoms with van der Waals surface area (Å²) in [5.41, 5.74) is 0. The molecule has 0 fully saturated rings. The molecule has 0 aromatic rings. The van der Waals surface area contributed by atoms with Crippen LogP contribution >= 0.6 is 0 Å². The van der Waals surface area contributed by atoms with Gasteiger partial charge in [0.05, 0.1) is 38.9 Å². The Morgan fingerprint density at radius 2 is 2.00 bits per heavy atom. The predicted molar refractivity (Wildman–Crippen MR) is 42.1 cm³/mol. The third-order valence-electron chi connectivity index (χ3n) is 0.966. The summed E-state index contributed by atoms with van der Waals surface area (Å²) in [6.07, 6.45) is 2.14. The van der Waals surface area contributed by atoms with Crippen LogP contribution in [0.25, 0.3) is 0 Å². The van der Waals surface area contributed by atoms with Gasteiger partial charge in [0.2, 0.25) is 0 Å². The zero-order valence-electron chi connectivity index (χ0n) is 6.58. The molecule has 0 radical (unpaired) electrons. The third-order valence-corrected chi connectivity index (χ3v) is 0.966. The fourth-order valence-corrected chi connectivity index (χ4v) is 0.504. The first-order valence-corrected chi connectivity index (χ1v) is 3.55. The number of ether oxygens (including phenoxy) is 2. The molecule has 0 bridgehead atoms. The molecule has 0 aliphatic rings. The van der Waals surface area contributed by atoms with Gasteiger partial charge in [-0.1, -0.05) is 6.08 Å². The van der Waals surface area contributed by atoms with E-state index in [1.807, 2.05) is 6.07 Å². The molecular formula is C8H13NO2. The lowest BCUT2D eigenvalue weighted by molar-refractivity contribution is 0.0609. The van der Waals surface area contributed by atoms with E-state index in [1.165, 1.54) is 0 Å². The van der Waals surface area contributed by atoms with Crippen molar-refractivity contribution >= 4 is 0 Å². The standard InChI is InChI=1S/C8H13NO2/c1-2-5-10-7-8-11-6-3-4-9/h2H,1,3,5-8H2. The Morgan fingerprint density at radius 3 is 2.64 bits per heavy atom. The molecular weight excluding hydrogens is 142 g/mol. The van der Waals surface area contributed by atoms with Crippen LogP contribution in [-0.4, -0.2) is 26.4 Å². The van der Waals surface area contributed by atoms with E-state index in [2.05, 4.69) is 6.58 Å². The lowest BCUT2D eigenvalue weighted by atomic mass is 10.5. The second kappa shape index (κ2) is 9.15. The first-order valence-electron chi connectivity index (χ1n) is 3.55. The minimum Gasteiger partial charge on any atom is -0.378 e. The van der Waals surface area contributed by atoms with E-state index < -0.39 is 0 Å². The van der Waals surface area contributed by atoms with Crippen LogP contribution in [0.4, 0.5) is 0 Å². The summed E-state index contributed by atoms with van der Waals surface area (Å²) in [6, 6.07) is 1.99. The molecule has 0 aromatic carbocycles. The predicted octanol–water partition coefficient (Wildman–Crippen LogP) is 1.12. The van der Waals surface area contributed by atoms with Crippen molar-refractivity contribution in [3.05, 3.63) is 12.7 Å². The van der Waals surface area contributed by atoms with E-state index in [9.17, 15) is 0 Å². The second-order valence-electron chi connectivity index (χ2n) is 1.88. The average Bonchev–Trinajstić information content (AvgIpc) is 2.03. The molecule has 0 saturated heterocycles. The maximum atomic E-state index is 8.13. The van der Waals surface area contributed by atoms with Crippen LogP contribution < -0.4 is 0 Å². The summed E-state index contributed by atoms with van der Waals surface area (Å²) in [6.45, 7) is 5.67. The highest BCUT2D eigenvalue weighted by Gasteiger charge is 1.86. The molecule has 0 saturated carbocycles. The Labute approximate surface area is 67.2 Å². The molecule has 0 aliphatic heterocycles. The van der Waals surface area contributed by atoms with E-state index in [1.54, 1.807) is 6.08 Å². The van der Waals surface area contributed by atoms with Gasteiger partial charge in [0, 0.05) is 0 Å². The maximum Gasteiger partial charge on any atom is 0.0704 e. The number of nitrogens with zero attached hydrogens (tertiary/aromatic N) is 1. The minimum absolute atomic E-state index is 0.446. The van der Waals surface area contributed by atoms with Crippen molar-refractivity contribution in [1.29, 1.82) is 5.26 Å². The van der Waals surface area contributed by atoms with Gasteiger partial charge >= 0.3 is 0 Å². The van der Waals surface area contributed by atoms with Crippen molar-refractivity contribution in [2.24, 2.45) is 0 Å². The molecule has 0 aromatic heterocycles. The van der Waals surface area contributed by atoms with Crippen LogP contribution in [0.1, 0.15) is 6.42 Å². The lowest BCUT2D eigenvalue weighted by Crippen LogP contribution is -2.04. The molecule has 0 rings (SSSR count). The molecule has 0 amide bonds. The van der Waals surface area contributed by atoms with Crippen molar-refractivity contribution in [2.45, 2.75) is 6.42 Å². The molecule has 0 unspecified atom stereocenters. The Bertz CT molecular complexity index is 129. The summed E-state index contributed by atoms with van der Waals surface area (Å²) in [5.74, 6) is 0. The normalized spacial score (nSPS) is 9.00. The molecule has 3 nitrogen and oxygen atoms in total. The lowest BCUT2D eigenvalue weighted by Gasteiger charge is -2.00. The average molecular weight is 155 g/mol. The van der Waals surface area contributed by atoms with E-state index in [4.69, 9.17) is 14.7 Å². The Hall–Kier alpha value is -0.850. The van der Waals surface area contributed by atoms with Gasteiger partial charge in [-0.3, -0.25) is 0 Å². The van der Waals surface area contributed by atoms with E-state index >= 15 is 0 Å². The van der Waals surface area contributed by atoms with Gasteiger partial charge in [-0.2, -0.15) is 5.26 Å². The van der Waals surface area contributed by atoms with Crippen LogP contribution in [0, 0.1) is 11.3 Å². The topological polar surface area (TPSA) is 42.2 Å². The van der Waals surface area contributed by atoms with Crippen LogP contribution in [0.2, 0.25) is 0 Å². The van der Waals surface area contributed by atoms with Gasteiger partial charge in [-0.15, -0.1) is 6.58 Å². The number of hydrogen-bond acceptors (Lipinski definition) is 3. The summed E-state index contributed by atoms with van der Waals surface area (Å²) in [4.78, 5) is 0. The van der Waals surface area contributed by atoms with E-state index in [-0.39, 0.29) is 0 Å². The van der Waals surface area contributed by atoms with Crippen molar-refractivity contribution in [2.75, 3.05) is 26.4 Å². The van der Waals surface area contributed by atoms with Crippen LogP contribution in [0.15, 0.2) is 12.7 Å². The van der Waals surface area contributed by atoms with E-state index in [0.29, 0.717) is 32.8 Å². The van der Waals surface area contributed by atoms with Gasteiger partial charge < -0.3 is 9.47 Å². The fourth-order valence-electron chi connectivity index (χ4n) is 0.504. The van der Waals surface area contributed by atoms with Crippen molar-refractivity contribution in [1.82, 2.24) is 0 Å². The van der Waals surface area contributed by atoms with Crippen molar-refractivity contribution < 1.29 is 9.47 Å². The highest BCUT2D eigenvalue weighted by Crippen LogP contribution is 1.81. The van der Waals surface area contributed by atoms with Gasteiger partial charge in [-0.05, 0) is 0 Å². The van der Waals surface area contributed by atoms with Gasteiger partial charge in [0.1, 0.15) is 0 Å². The molecule has 0 atom stereocenters. The van der Waals surface area contributed by atoms with Gasteiger partial charge in [-0.25, -0.2) is 0 Å². The molecule has 0 aliphatic carbocycles. The molecule has 11 heavy (non-hydrogen) atoms. The summed E-state index contributed by atoms with van der Waals surface area (Å²) < 4.78 is 10.1. The van der Waals surface area contributed by atoms with Gasteiger partial charge in [0.25, 0.3) is 0 Å². The highest BCUT2D eigenvalue weighted by molar-refractivity contribution is 4.67. The zero-order chi connectivity index (χ0) is 8.36. The van der Waals surface area contributed by atoms with Crippen molar-refractivity contribution in [3.63, 3.8) is 0 Å². The minimum atomic E-state index is 0.446. The molecule has 0 N–H and O–H groups in total. The molecule has 62 valence electrons. The first kappa shape index (κ1) is 10.2. The Balaban J connectivity index is 2.80. The monoisotopic (exact) mass is 155 g/mol. The number of hydrogen-bond donors (Lipinski definition) is 0. The smallest absolute Gasteiger partial charge is 0.0704 e. The third kappa shape index (κ3) is 9.15. The van der Waals surface area contributed by atoms with Crippen molar-refractivity contribution in [3.8, 4) is 6.07 Å². The van der Waals surface area contributed by atoms with E-state index in [0.717, 1.165) is 0 Å². The summed E-state index contributed by atoms with van der Waals surface area (Å²) in [5, 5.41) is 8.13. The molecule has 0 spiro atoms. The largest absolute Gasteiger partial charge is 0.378 e. The fraction of sp³-hybridized carbons (Fsp3) is 0.625. The van der Waals surface area contributed by atoms with Crippen LogP contribution in [-0.2, 0) is 9.47 Å². The highest BCUT2D eigenvalue weighted by atomic mass is 16.5. The first-order chi connectivity index (χ1) is 5.41. The maximum absolute atomic E-state index is 8.13. The quantitative estimate of drug-likeness (QED) is 0.408. The molecule has 0 heterocycles. The summed E-state index contributed by atoms with van der Waals surface area (Å²) in [7, 11) is 0. The Kier molecular flexibility index (Phi) is 8.44.